The van der Waals surface area contributed by atoms with E-state index >= 15 is 0 Å². The Morgan fingerprint density at radius 1 is 1.32 bits per heavy atom. The van der Waals surface area contributed by atoms with E-state index in [1.165, 1.54) is 12.1 Å². The topological polar surface area (TPSA) is 29.1 Å². The van der Waals surface area contributed by atoms with E-state index in [2.05, 4.69) is 5.32 Å². The SMILES string of the molecule is CC1CCS(=O)CC(c2ccccc2C(F)(F)F)N1. The Morgan fingerprint density at radius 3 is 2.68 bits per heavy atom. The van der Waals surface area contributed by atoms with E-state index in [9.17, 15) is 17.4 Å². The maximum absolute atomic E-state index is 13.0. The average molecular weight is 291 g/mol. The summed E-state index contributed by atoms with van der Waals surface area (Å²) < 4.78 is 50.7. The van der Waals surface area contributed by atoms with Gasteiger partial charge >= 0.3 is 6.18 Å². The predicted molar refractivity (Wildman–Crippen MR) is 69.3 cm³/mol. The average Bonchev–Trinajstić information content (AvgIpc) is 2.50. The zero-order valence-corrected chi connectivity index (χ0v) is 11.4. The molecule has 0 bridgehead atoms. The molecular weight excluding hydrogens is 275 g/mol. The van der Waals surface area contributed by atoms with Crippen molar-refractivity contribution in [3.8, 4) is 0 Å². The van der Waals surface area contributed by atoms with Crippen molar-refractivity contribution >= 4 is 10.8 Å². The molecule has 1 fully saturated rings. The summed E-state index contributed by atoms with van der Waals surface area (Å²) in [5.74, 6) is 0.774. The second-order valence-corrected chi connectivity index (χ2v) is 6.43. The summed E-state index contributed by atoms with van der Waals surface area (Å²) in [4.78, 5) is 0. The number of halogens is 3. The molecule has 19 heavy (non-hydrogen) atoms. The van der Waals surface area contributed by atoms with E-state index in [0.29, 0.717) is 5.75 Å². The molecule has 1 N–H and O–H groups in total. The van der Waals surface area contributed by atoms with Crippen LogP contribution in [0.1, 0.15) is 30.5 Å². The molecule has 6 heteroatoms. The van der Waals surface area contributed by atoms with Gasteiger partial charge in [-0.15, -0.1) is 0 Å². The first-order valence-electron chi connectivity index (χ1n) is 6.15. The molecule has 1 aliphatic rings. The number of rotatable bonds is 1. The summed E-state index contributed by atoms with van der Waals surface area (Å²) in [7, 11) is -1.07. The van der Waals surface area contributed by atoms with Crippen molar-refractivity contribution in [2.45, 2.75) is 31.6 Å². The summed E-state index contributed by atoms with van der Waals surface area (Å²) >= 11 is 0. The summed E-state index contributed by atoms with van der Waals surface area (Å²) in [6.45, 7) is 1.91. The summed E-state index contributed by atoms with van der Waals surface area (Å²) in [6.07, 6.45) is -3.66. The van der Waals surface area contributed by atoms with Crippen molar-refractivity contribution in [2.24, 2.45) is 0 Å². The lowest BCUT2D eigenvalue weighted by Crippen LogP contribution is -2.32. The minimum absolute atomic E-state index is 0.0674. The molecular formula is C13H16F3NOS. The highest BCUT2D eigenvalue weighted by Gasteiger charge is 2.36. The van der Waals surface area contributed by atoms with Gasteiger partial charge in [-0.25, -0.2) is 0 Å². The van der Waals surface area contributed by atoms with E-state index in [0.717, 1.165) is 12.5 Å². The second-order valence-electron chi connectivity index (χ2n) is 4.80. The van der Waals surface area contributed by atoms with Crippen molar-refractivity contribution in [3.63, 3.8) is 0 Å². The first kappa shape index (κ1) is 14.5. The smallest absolute Gasteiger partial charge is 0.307 e. The lowest BCUT2D eigenvalue weighted by atomic mass is 10.00. The highest BCUT2D eigenvalue weighted by atomic mass is 32.2. The zero-order valence-electron chi connectivity index (χ0n) is 10.5. The van der Waals surface area contributed by atoms with Crippen LogP contribution in [0.5, 0.6) is 0 Å². The molecule has 1 aromatic rings. The predicted octanol–water partition coefficient (Wildman–Crippen LogP) is 2.88. The monoisotopic (exact) mass is 291 g/mol. The molecule has 0 aromatic heterocycles. The minimum Gasteiger partial charge on any atom is -0.307 e. The van der Waals surface area contributed by atoms with E-state index in [4.69, 9.17) is 0 Å². The number of benzene rings is 1. The van der Waals surface area contributed by atoms with Crippen LogP contribution < -0.4 is 5.32 Å². The fraction of sp³-hybridized carbons (Fsp3) is 0.538. The Bertz CT molecular complexity index is 475. The minimum atomic E-state index is -4.38. The van der Waals surface area contributed by atoms with Gasteiger partial charge in [0.15, 0.2) is 0 Å². The highest BCUT2D eigenvalue weighted by molar-refractivity contribution is 7.85. The standard InChI is InChI=1S/C13H16F3NOS/c1-9-6-7-19(18)8-12(17-9)10-4-2-3-5-11(10)13(14,15)16/h2-5,9,12,17H,6-8H2,1H3. The molecule has 0 spiro atoms. The van der Waals surface area contributed by atoms with Crippen LogP contribution in [0.15, 0.2) is 24.3 Å². The molecule has 0 saturated carbocycles. The summed E-state index contributed by atoms with van der Waals surface area (Å²) in [5, 5.41) is 3.14. The summed E-state index contributed by atoms with van der Waals surface area (Å²) in [5.41, 5.74) is -0.448. The molecule has 2 nitrogen and oxygen atoms in total. The molecule has 106 valence electrons. The van der Waals surface area contributed by atoms with Gasteiger partial charge in [-0.05, 0) is 25.0 Å². The van der Waals surface area contributed by atoms with Gasteiger partial charge in [0.2, 0.25) is 0 Å². The fourth-order valence-corrected chi connectivity index (χ4v) is 3.72. The number of alkyl halides is 3. The van der Waals surface area contributed by atoms with Gasteiger partial charge < -0.3 is 5.32 Å². The van der Waals surface area contributed by atoms with Crippen molar-refractivity contribution in [3.05, 3.63) is 35.4 Å². The molecule has 1 aromatic carbocycles. The number of hydrogen-bond donors (Lipinski definition) is 1. The molecule has 0 radical (unpaired) electrons. The van der Waals surface area contributed by atoms with Gasteiger partial charge in [-0.3, -0.25) is 4.21 Å². The molecule has 1 heterocycles. The first-order chi connectivity index (χ1) is 8.88. The van der Waals surface area contributed by atoms with Crippen LogP contribution in [-0.2, 0) is 17.0 Å². The van der Waals surface area contributed by atoms with Crippen LogP contribution in [0, 0.1) is 0 Å². The van der Waals surface area contributed by atoms with Crippen LogP contribution in [0.4, 0.5) is 13.2 Å². The molecule has 0 amide bonds. The van der Waals surface area contributed by atoms with Gasteiger partial charge in [-0.1, -0.05) is 18.2 Å². The molecule has 0 aliphatic carbocycles. The third-order valence-electron chi connectivity index (χ3n) is 3.26. The normalized spacial score (nSPS) is 28.9. The van der Waals surface area contributed by atoms with Crippen molar-refractivity contribution in [2.75, 3.05) is 11.5 Å². The fourth-order valence-electron chi connectivity index (χ4n) is 2.29. The van der Waals surface area contributed by atoms with Gasteiger partial charge in [-0.2, -0.15) is 13.2 Å². The van der Waals surface area contributed by atoms with Crippen molar-refractivity contribution in [1.82, 2.24) is 5.32 Å². The van der Waals surface area contributed by atoms with Crippen LogP contribution in [0.3, 0.4) is 0 Å². The number of nitrogens with one attached hydrogen (secondary N) is 1. The van der Waals surface area contributed by atoms with Gasteiger partial charge in [0.1, 0.15) is 0 Å². The van der Waals surface area contributed by atoms with Gasteiger partial charge in [0.05, 0.1) is 5.56 Å². The van der Waals surface area contributed by atoms with Gasteiger partial charge in [0.25, 0.3) is 0 Å². The molecule has 3 atom stereocenters. The Morgan fingerprint density at radius 2 is 2.00 bits per heavy atom. The highest BCUT2D eigenvalue weighted by Crippen LogP contribution is 2.35. The quantitative estimate of drug-likeness (QED) is 0.862. The third kappa shape index (κ3) is 3.57. The Kier molecular flexibility index (Phi) is 4.30. The van der Waals surface area contributed by atoms with Gasteiger partial charge in [0, 0.05) is 34.4 Å². The molecule has 1 aliphatic heterocycles. The van der Waals surface area contributed by atoms with E-state index in [1.54, 1.807) is 6.07 Å². The lowest BCUT2D eigenvalue weighted by molar-refractivity contribution is -0.138. The van der Waals surface area contributed by atoms with Crippen LogP contribution >= 0.6 is 0 Å². The van der Waals surface area contributed by atoms with E-state index in [1.807, 2.05) is 6.92 Å². The van der Waals surface area contributed by atoms with Crippen LogP contribution in [0.25, 0.3) is 0 Å². The first-order valence-corrected chi connectivity index (χ1v) is 7.64. The molecule has 3 unspecified atom stereocenters. The van der Waals surface area contributed by atoms with E-state index < -0.39 is 28.6 Å². The van der Waals surface area contributed by atoms with Crippen LogP contribution in [-0.4, -0.2) is 21.8 Å². The number of hydrogen-bond acceptors (Lipinski definition) is 2. The maximum atomic E-state index is 13.0. The Balaban J connectivity index is 2.37. The largest absolute Gasteiger partial charge is 0.416 e. The van der Waals surface area contributed by atoms with Crippen molar-refractivity contribution < 1.29 is 17.4 Å². The van der Waals surface area contributed by atoms with Crippen molar-refractivity contribution in [1.29, 1.82) is 0 Å². The summed E-state index contributed by atoms with van der Waals surface area (Å²) in [6, 6.07) is 5.08. The third-order valence-corrected chi connectivity index (χ3v) is 4.65. The maximum Gasteiger partial charge on any atom is 0.416 e. The Labute approximate surface area is 112 Å². The Hall–Kier alpha value is -0.880. The lowest BCUT2D eigenvalue weighted by Gasteiger charge is -2.23. The van der Waals surface area contributed by atoms with E-state index in [-0.39, 0.29) is 17.4 Å². The zero-order chi connectivity index (χ0) is 14.0. The second kappa shape index (κ2) is 5.63. The van der Waals surface area contributed by atoms with Crippen LogP contribution in [0.2, 0.25) is 0 Å². The molecule has 1 saturated heterocycles. The molecule has 2 rings (SSSR count).